The minimum absolute atomic E-state index is 0.0656. The summed E-state index contributed by atoms with van der Waals surface area (Å²) in [5, 5.41) is 0. The van der Waals surface area contributed by atoms with Gasteiger partial charge in [-0.05, 0) is 6.42 Å². The second-order valence-electron chi connectivity index (χ2n) is 2.86. The lowest BCUT2D eigenvalue weighted by molar-refractivity contribution is -0.172. The summed E-state index contributed by atoms with van der Waals surface area (Å²) in [6, 6.07) is 0. The fourth-order valence-electron chi connectivity index (χ4n) is 0.662. The van der Waals surface area contributed by atoms with E-state index in [0.717, 1.165) is 11.4 Å². The number of hydrogen-bond donors (Lipinski definition) is 0. The maximum absolute atomic E-state index is 11.0. The molecule has 5 nitrogen and oxygen atoms in total. The van der Waals surface area contributed by atoms with Crippen LogP contribution in [0.5, 0.6) is 0 Å². The van der Waals surface area contributed by atoms with Crippen LogP contribution in [-0.2, 0) is 19.3 Å². The molecule has 0 aromatic carbocycles. The van der Waals surface area contributed by atoms with Gasteiger partial charge in [-0.2, -0.15) is 8.42 Å². The van der Waals surface area contributed by atoms with E-state index in [1.54, 1.807) is 4.90 Å². The fourth-order valence-corrected chi connectivity index (χ4v) is 2.59. The highest BCUT2D eigenvalue weighted by Crippen LogP contribution is 2.09. The van der Waals surface area contributed by atoms with Gasteiger partial charge in [-0.25, -0.2) is 4.89 Å². The van der Waals surface area contributed by atoms with Gasteiger partial charge in [0, 0.05) is 19.8 Å². The molecule has 0 heterocycles. The van der Waals surface area contributed by atoms with Crippen LogP contribution >= 0.6 is 24.0 Å². The van der Waals surface area contributed by atoms with Crippen molar-refractivity contribution in [2.45, 2.75) is 6.42 Å². The summed E-state index contributed by atoms with van der Waals surface area (Å²) < 4.78 is 26.9. The average Bonchev–Trinajstić information content (AvgIpc) is 2.11. The van der Waals surface area contributed by atoms with Gasteiger partial charge in [0.25, 0.3) is 10.1 Å². The van der Waals surface area contributed by atoms with E-state index in [1.165, 1.54) is 11.8 Å². The Balaban J connectivity index is 3.68. The Bertz CT molecular complexity index is 289. The van der Waals surface area contributed by atoms with Crippen LogP contribution in [0.15, 0.2) is 0 Å². The standard InChI is InChI=1S/C7H15NO4S3/c1-8(2)7(13)14-5-4-6-15(9,10)12-11-3/h4-6H2,1-3H3. The molecular formula is C7H15NO4S3. The minimum atomic E-state index is -3.54. The van der Waals surface area contributed by atoms with Crippen molar-refractivity contribution in [3.8, 4) is 0 Å². The first-order chi connectivity index (χ1) is 6.89. The van der Waals surface area contributed by atoms with Gasteiger partial charge in [-0.15, -0.1) is 4.33 Å². The lowest BCUT2D eigenvalue weighted by Gasteiger charge is -2.12. The molecule has 0 aliphatic heterocycles. The molecule has 0 aromatic rings. The number of thiocarbonyl (C=S) groups is 1. The highest BCUT2D eigenvalue weighted by molar-refractivity contribution is 8.22. The zero-order valence-electron chi connectivity index (χ0n) is 8.93. The van der Waals surface area contributed by atoms with Crippen molar-refractivity contribution in [1.29, 1.82) is 0 Å². The Labute approximate surface area is 100 Å². The lowest BCUT2D eigenvalue weighted by atomic mass is 10.6. The van der Waals surface area contributed by atoms with Crippen molar-refractivity contribution in [3.63, 3.8) is 0 Å². The van der Waals surface area contributed by atoms with Crippen LogP contribution in [0.1, 0.15) is 6.42 Å². The molecule has 0 amide bonds. The van der Waals surface area contributed by atoms with Gasteiger partial charge >= 0.3 is 0 Å². The van der Waals surface area contributed by atoms with E-state index >= 15 is 0 Å². The molecule has 15 heavy (non-hydrogen) atoms. The van der Waals surface area contributed by atoms with Crippen molar-refractivity contribution in [2.75, 3.05) is 32.7 Å². The van der Waals surface area contributed by atoms with Crippen LogP contribution in [0.2, 0.25) is 0 Å². The predicted octanol–water partition coefficient (Wildman–Crippen LogP) is 0.864. The van der Waals surface area contributed by atoms with Gasteiger partial charge in [0.2, 0.25) is 0 Å². The third-order valence-corrected chi connectivity index (χ3v) is 4.26. The SMILES string of the molecule is COOS(=O)(=O)CCCSC(=S)N(C)C. The van der Waals surface area contributed by atoms with Crippen LogP contribution in [-0.4, -0.2) is 50.3 Å². The molecule has 0 fully saturated rings. The van der Waals surface area contributed by atoms with Crippen LogP contribution in [0.4, 0.5) is 0 Å². The summed E-state index contributed by atoms with van der Waals surface area (Å²) >= 11 is 6.46. The third kappa shape index (κ3) is 7.97. The van der Waals surface area contributed by atoms with Crippen molar-refractivity contribution in [2.24, 2.45) is 0 Å². The molecule has 0 aliphatic carbocycles. The third-order valence-electron chi connectivity index (χ3n) is 1.30. The van der Waals surface area contributed by atoms with E-state index in [1.807, 2.05) is 14.1 Å². The summed E-state index contributed by atoms with van der Waals surface area (Å²) in [5.74, 6) is 0.577. The molecule has 0 spiro atoms. The minimum Gasteiger partial charge on any atom is -0.364 e. The van der Waals surface area contributed by atoms with Crippen molar-refractivity contribution >= 4 is 38.4 Å². The molecule has 0 aromatic heterocycles. The molecule has 0 N–H and O–H groups in total. The smallest absolute Gasteiger partial charge is 0.293 e. The second kappa shape index (κ2) is 7.39. The van der Waals surface area contributed by atoms with Gasteiger partial charge in [-0.1, -0.05) is 24.0 Å². The van der Waals surface area contributed by atoms with Gasteiger partial charge in [-0.3, -0.25) is 0 Å². The molecule has 8 heteroatoms. The molecule has 0 unspecified atom stereocenters. The largest absolute Gasteiger partial charge is 0.364 e. The van der Waals surface area contributed by atoms with Gasteiger partial charge in [0.05, 0.1) is 12.9 Å². The molecule has 90 valence electrons. The maximum atomic E-state index is 11.0. The number of hydrogen-bond acceptors (Lipinski definition) is 6. The molecule has 0 bridgehead atoms. The Morgan fingerprint density at radius 3 is 2.53 bits per heavy atom. The molecule has 0 aliphatic rings. The quantitative estimate of drug-likeness (QED) is 0.308. The number of rotatable bonds is 6. The maximum Gasteiger partial charge on any atom is 0.293 e. The van der Waals surface area contributed by atoms with E-state index in [9.17, 15) is 8.42 Å². The number of nitrogens with zero attached hydrogens (tertiary/aromatic N) is 1. The summed E-state index contributed by atoms with van der Waals surface area (Å²) in [4.78, 5) is 5.90. The Morgan fingerprint density at radius 1 is 1.47 bits per heavy atom. The molecular weight excluding hydrogens is 258 g/mol. The normalized spacial score (nSPS) is 11.4. The van der Waals surface area contributed by atoms with Crippen LogP contribution in [0, 0.1) is 0 Å². The zero-order chi connectivity index (χ0) is 11.9. The van der Waals surface area contributed by atoms with E-state index in [4.69, 9.17) is 12.2 Å². The molecule has 0 saturated heterocycles. The van der Waals surface area contributed by atoms with Gasteiger partial charge in [0.15, 0.2) is 0 Å². The van der Waals surface area contributed by atoms with Crippen molar-refractivity contribution in [1.82, 2.24) is 4.90 Å². The first kappa shape index (κ1) is 15.1. The molecule has 0 saturated carbocycles. The van der Waals surface area contributed by atoms with Crippen LogP contribution < -0.4 is 0 Å². The van der Waals surface area contributed by atoms with Crippen molar-refractivity contribution in [3.05, 3.63) is 0 Å². The lowest BCUT2D eigenvalue weighted by Crippen LogP contribution is -2.17. The van der Waals surface area contributed by atoms with E-state index in [0.29, 0.717) is 12.2 Å². The van der Waals surface area contributed by atoms with Crippen LogP contribution in [0.3, 0.4) is 0 Å². The van der Waals surface area contributed by atoms with E-state index < -0.39 is 10.1 Å². The molecule has 0 radical (unpaired) electrons. The first-order valence-electron chi connectivity index (χ1n) is 4.18. The first-order valence-corrected chi connectivity index (χ1v) is 7.15. The van der Waals surface area contributed by atoms with E-state index in [-0.39, 0.29) is 5.75 Å². The van der Waals surface area contributed by atoms with Gasteiger partial charge in [0.1, 0.15) is 4.32 Å². The summed E-state index contributed by atoms with van der Waals surface area (Å²) in [5.41, 5.74) is 0. The summed E-state index contributed by atoms with van der Waals surface area (Å²) in [6.07, 6.45) is 0.477. The molecule has 0 rings (SSSR count). The van der Waals surface area contributed by atoms with E-state index in [2.05, 4.69) is 9.22 Å². The monoisotopic (exact) mass is 273 g/mol. The second-order valence-corrected chi connectivity index (χ2v) is 6.25. The number of thioether (sulfide) groups is 1. The fraction of sp³-hybridized carbons (Fsp3) is 0.857. The summed E-state index contributed by atoms with van der Waals surface area (Å²) in [6.45, 7) is 0. The highest BCUT2D eigenvalue weighted by Gasteiger charge is 2.11. The Morgan fingerprint density at radius 2 is 2.07 bits per heavy atom. The highest BCUT2D eigenvalue weighted by atomic mass is 32.2. The van der Waals surface area contributed by atoms with Crippen molar-refractivity contribution < 1.29 is 17.6 Å². The Kier molecular flexibility index (Phi) is 7.45. The predicted molar refractivity (Wildman–Crippen MR) is 65.2 cm³/mol. The summed E-state index contributed by atoms with van der Waals surface area (Å²) in [7, 11) is 1.31. The van der Waals surface area contributed by atoms with Crippen LogP contribution in [0.25, 0.3) is 0 Å². The average molecular weight is 273 g/mol. The molecule has 0 atom stereocenters. The van der Waals surface area contributed by atoms with Gasteiger partial charge < -0.3 is 4.90 Å². The zero-order valence-corrected chi connectivity index (χ0v) is 11.4. The topological polar surface area (TPSA) is 55.8 Å². The Hall–Kier alpha value is 0.110.